The van der Waals surface area contributed by atoms with Crippen LogP contribution in [0.5, 0.6) is 0 Å². The minimum atomic E-state index is -0.262. The van der Waals surface area contributed by atoms with Gasteiger partial charge in [0.15, 0.2) is 5.78 Å². The van der Waals surface area contributed by atoms with Gasteiger partial charge in [-0.05, 0) is 44.0 Å². The zero-order chi connectivity index (χ0) is 13.1. The number of rotatable bonds is 5. The molecule has 1 aromatic carbocycles. The first-order valence-corrected chi connectivity index (χ1v) is 6.39. The molecule has 1 heterocycles. The minimum absolute atomic E-state index is 0.0449. The van der Waals surface area contributed by atoms with E-state index in [1.165, 1.54) is 5.56 Å². The Morgan fingerprint density at radius 1 is 1.61 bits per heavy atom. The lowest BCUT2D eigenvalue weighted by Gasteiger charge is -2.12. The highest BCUT2D eigenvalue weighted by atomic mass is 16.3. The van der Waals surface area contributed by atoms with Crippen molar-refractivity contribution >= 4 is 11.5 Å². The van der Waals surface area contributed by atoms with Crippen LogP contribution in [-0.4, -0.2) is 36.1 Å². The summed E-state index contributed by atoms with van der Waals surface area (Å²) in [6, 6.07) is 6.00. The molecule has 0 saturated heterocycles. The highest BCUT2D eigenvalue weighted by molar-refractivity contribution is 6.00. The van der Waals surface area contributed by atoms with Crippen LogP contribution < -0.4 is 10.6 Å². The van der Waals surface area contributed by atoms with Crippen LogP contribution in [0.3, 0.4) is 0 Å². The smallest absolute Gasteiger partial charge is 0.179 e. The van der Waals surface area contributed by atoms with Crippen LogP contribution in [0.25, 0.3) is 0 Å². The summed E-state index contributed by atoms with van der Waals surface area (Å²) in [6.45, 7) is 4.44. The van der Waals surface area contributed by atoms with Crippen LogP contribution in [0.4, 0.5) is 5.69 Å². The second-order valence-corrected chi connectivity index (χ2v) is 4.89. The molecule has 0 bridgehead atoms. The number of anilines is 1. The number of aliphatic hydroxyl groups is 1. The number of carbonyl (C=O) groups excluding carboxylic acids is 1. The van der Waals surface area contributed by atoms with Crippen molar-refractivity contribution in [3.63, 3.8) is 0 Å². The van der Waals surface area contributed by atoms with Crippen LogP contribution in [-0.2, 0) is 6.42 Å². The Hall–Kier alpha value is -1.39. The van der Waals surface area contributed by atoms with Gasteiger partial charge in [0, 0.05) is 23.8 Å². The molecule has 4 nitrogen and oxygen atoms in total. The Morgan fingerprint density at radius 3 is 3.11 bits per heavy atom. The standard InChI is InChI=1S/C14H20N2O2/c1-9-7-12-8-11(3-4-13(12)16-9)14(18)10(2)15-5-6-17/h3-4,8-10,15-17H,5-7H2,1-2H3. The monoisotopic (exact) mass is 248 g/mol. The van der Waals surface area contributed by atoms with Crippen LogP contribution in [0.2, 0.25) is 0 Å². The van der Waals surface area contributed by atoms with E-state index < -0.39 is 0 Å². The fourth-order valence-electron chi connectivity index (χ4n) is 2.33. The maximum absolute atomic E-state index is 12.2. The molecule has 1 aromatic rings. The number of hydrogen-bond donors (Lipinski definition) is 3. The molecule has 0 radical (unpaired) electrons. The predicted octanol–water partition coefficient (Wildman–Crippen LogP) is 1.20. The van der Waals surface area contributed by atoms with E-state index in [0.29, 0.717) is 12.6 Å². The van der Waals surface area contributed by atoms with E-state index >= 15 is 0 Å². The largest absolute Gasteiger partial charge is 0.395 e. The SMILES string of the molecule is CC1Cc2cc(C(=O)C(C)NCCO)ccc2N1. The number of nitrogens with one attached hydrogen (secondary N) is 2. The highest BCUT2D eigenvalue weighted by Crippen LogP contribution is 2.26. The number of Topliss-reactive ketones (excluding diaryl/α,β-unsaturated/α-hetero) is 1. The van der Waals surface area contributed by atoms with Gasteiger partial charge in [-0.3, -0.25) is 4.79 Å². The van der Waals surface area contributed by atoms with Gasteiger partial charge in [-0.2, -0.15) is 0 Å². The van der Waals surface area contributed by atoms with Gasteiger partial charge in [-0.1, -0.05) is 0 Å². The van der Waals surface area contributed by atoms with Crippen molar-refractivity contribution in [1.82, 2.24) is 5.32 Å². The van der Waals surface area contributed by atoms with Crippen molar-refractivity contribution in [3.05, 3.63) is 29.3 Å². The van der Waals surface area contributed by atoms with Crippen molar-refractivity contribution in [2.75, 3.05) is 18.5 Å². The molecule has 4 heteroatoms. The van der Waals surface area contributed by atoms with E-state index in [4.69, 9.17) is 5.11 Å². The molecule has 3 N–H and O–H groups in total. The van der Waals surface area contributed by atoms with Crippen molar-refractivity contribution in [2.45, 2.75) is 32.4 Å². The summed E-state index contributed by atoms with van der Waals surface area (Å²) in [7, 11) is 0. The van der Waals surface area contributed by atoms with Gasteiger partial charge in [-0.25, -0.2) is 0 Å². The lowest BCUT2D eigenvalue weighted by Crippen LogP contribution is -2.35. The Labute approximate surface area is 107 Å². The van der Waals surface area contributed by atoms with Crippen LogP contribution in [0, 0.1) is 0 Å². The Balaban J connectivity index is 2.10. The molecule has 0 aromatic heterocycles. The normalized spacial score (nSPS) is 19.2. The molecular formula is C14H20N2O2. The Kier molecular flexibility index (Phi) is 3.99. The van der Waals surface area contributed by atoms with Gasteiger partial charge < -0.3 is 15.7 Å². The maximum Gasteiger partial charge on any atom is 0.179 e. The fourth-order valence-corrected chi connectivity index (χ4v) is 2.33. The van der Waals surface area contributed by atoms with Crippen LogP contribution >= 0.6 is 0 Å². The molecular weight excluding hydrogens is 228 g/mol. The predicted molar refractivity (Wildman–Crippen MR) is 72.1 cm³/mol. The fraction of sp³-hybridized carbons (Fsp3) is 0.500. The second-order valence-electron chi connectivity index (χ2n) is 4.89. The van der Waals surface area contributed by atoms with E-state index in [2.05, 4.69) is 17.6 Å². The number of carbonyl (C=O) groups is 1. The topological polar surface area (TPSA) is 61.4 Å². The molecule has 98 valence electrons. The van der Waals surface area contributed by atoms with Crippen molar-refractivity contribution in [3.8, 4) is 0 Å². The maximum atomic E-state index is 12.2. The third-order valence-electron chi connectivity index (χ3n) is 3.27. The van der Waals surface area contributed by atoms with Gasteiger partial charge in [0.05, 0.1) is 12.6 Å². The van der Waals surface area contributed by atoms with Gasteiger partial charge >= 0.3 is 0 Å². The molecule has 0 fully saturated rings. The van der Waals surface area contributed by atoms with Crippen molar-refractivity contribution in [2.24, 2.45) is 0 Å². The van der Waals surface area contributed by atoms with E-state index in [1.807, 2.05) is 25.1 Å². The Bertz CT molecular complexity index is 445. The molecule has 2 atom stereocenters. The van der Waals surface area contributed by atoms with E-state index in [1.54, 1.807) is 0 Å². The van der Waals surface area contributed by atoms with E-state index in [9.17, 15) is 4.79 Å². The quantitative estimate of drug-likeness (QED) is 0.685. The number of aliphatic hydroxyl groups excluding tert-OH is 1. The van der Waals surface area contributed by atoms with Crippen LogP contribution in [0.1, 0.15) is 29.8 Å². The highest BCUT2D eigenvalue weighted by Gasteiger charge is 2.20. The van der Waals surface area contributed by atoms with E-state index in [-0.39, 0.29) is 18.4 Å². The van der Waals surface area contributed by atoms with Gasteiger partial charge in [0.25, 0.3) is 0 Å². The molecule has 0 amide bonds. The second kappa shape index (κ2) is 5.50. The average molecular weight is 248 g/mol. The average Bonchev–Trinajstić information content (AvgIpc) is 2.73. The zero-order valence-electron chi connectivity index (χ0n) is 10.9. The summed E-state index contributed by atoms with van der Waals surface area (Å²) in [6.07, 6.45) is 0.967. The van der Waals surface area contributed by atoms with Crippen LogP contribution in [0.15, 0.2) is 18.2 Å². The minimum Gasteiger partial charge on any atom is -0.395 e. The summed E-state index contributed by atoms with van der Waals surface area (Å²) >= 11 is 0. The summed E-state index contributed by atoms with van der Waals surface area (Å²) in [5, 5.41) is 15.1. The number of ketones is 1. The first-order chi connectivity index (χ1) is 8.61. The van der Waals surface area contributed by atoms with Crippen molar-refractivity contribution in [1.29, 1.82) is 0 Å². The molecule has 0 spiro atoms. The summed E-state index contributed by atoms with van der Waals surface area (Å²) < 4.78 is 0. The summed E-state index contributed by atoms with van der Waals surface area (Å²) in [5.74, 6) is 0.0748. The zero-order valence-corrected chi connectivity index (χ0v) is 10.9. The number of benzene rings is 1. The first-order valence-electron chi connectivity index (χ1n) is 6.39. The molecule has 2 rings (SSSR count). The molecule has 0 saturated carbocycles. The summed E-state index contributed by atoms with van der Waals surface area (Å²) in [4.78, 5) is 12.2. The molecule has 1 aliphatic heterocycles. The number of fused-ring (bicyclic) bond motifs is 1. The van der Waals surface area contributed by atoms with Gasteiger partial charge in [0.2, 0.25) is 0 Å². The van der Waals surface area contributed by atoms with Crippen molar-refractivity contribution < 1.29 is 9.90 Å². The molecule has 18 heavy (non-hydrogen) atoms. The first kappa shape index (κ1) is 13.1. The summed E-state index contributed by atoms with van der Waals surface area (Å²) in [5.41, 5.74) is 3.08. The molecule has 2 unspecified atom stereocenters. The lowest BCUT2D eigenvalue weighted by atomic mass is 10.0. The third kappa shape index (κ3) is 2.71. The Morgan fingerprint density at radius 2 is 2.39 bits per heavy atom. The number of hydrogen-bond acceptors (Lipinski definition) is 4. The van der Waals surface area contributed by atoms with E-state index in [0.717, 1.165) is 17.7 Å². The van der Waals surface area contributed by atoms with Gasteiger partial charge in [0.1, 0.15) is 0 Å². The third-order valence-corrected chi connectivity index (χ3v) is 3.27. The lowest BCUT2D eigenvalue weighted by molar-refractivity contribution is 0.0948. The van der Waals surface area contributed by atoms with Gasteiger partial charge in [-0.15, -0.1) is 0 Å². The molecule has 1 aliphatic rings. The molecule has 0 aliphatic carbocycles.